The highest BCUT2D eigenvalue weighted by Gasteiger charge is 2.38. The van der Waals surface area contributed by atoms with Crippen LogP contribution in [0.25, 0.3) is 0 Å². The molecule has 3 nitrogen and oxygen atoms in total. The van der Waals surface area contributed by atoms with Gasteiger partial charge in [0, 0.05) is 0 Å². The molecule has 1 aromatic heterocycles. The van der Waals surface area contributed by atoms with Gasteiger partial charge in [-0.05, 0) is 0 Å². The first-order valence-electron chi connectivity index (χ1n) is 2.49. The fourth-order valence-electron chi connectivity index (χ4n) is 0.469. The molecule has 0 amide bonds. The molecular weight excluding hydrogens is 181 g/mol. The third-order valence-corrected chi connectivity index (χ3v) is 1.93. The van der Waals surface area contributed by atoms with E-state index in [4.69, 9.17) is 0 Å². The molecule has 62 valence electrons. The zero-order valence-electron chi connectivity index (χ0n) is 5.05. The summed E-state index contributed by atoms with van der Waals surface area (Å²) in [6, 6.07) is 0. The van der Waals surface area contributed by atoms with Gasteiger partial charge in [-0.3, -0.25) is 0 Å². The van der Waals surface area contributed by atoms with E-state index in [1.54, 1.807) is 0 Å². The van der Waals surface area contributed by atoms with Crippen LogP contribution >= 0.6 is 0 Å². The number of rotatable bonds is 1. The second-order valence-electron chi connectivity index (χ2n) is 1.63. The zero-order chi connectivity index (χ0) is 8.48. The Bertz CT molecular complexity index is 255. The van der Waals surface area contributed by atoms with Crippen molar-refractivity contribution in [2.45, 2.75) is 10.5 Å². The lowest BCUT2D eigenvalue weighted by molar-refractivity contribution is -0.0386. The molecule has 0 aliphatic carbocycles. The summed E-state index contributed by atoms with van der Waals surface area (Å²) in [6.45, 7) is 0. The summed E-state index contributed by atoms with van der Waals surface area (Å²) in [4.78, 5) is 5.42. The van der Waals surface area contributed by atoms with Crippen molar-refractivity contribution in [3.8, 4) is 0 Å². The van der Waals surface area contributed by atoms with Gasteiger partial charge in [-0.15, -0.1) is 0 Å². The lowest BCUT2D eigenvalue weighted by atomic mass is 11.0. The Hall–Kier alpha value is -0.850. The summed E-state index contributed by atoms with van der Waals surface area (Å²) < 4.78 is 45.4. The van der Waals surface area contributed by atoms with Crippen molar-refractivity contribution in [3.63, 3.8) is 0 Å². The van der Waals surface area contributed by atoms with Crippen LogP contribution < -0.4 is 0 Å². The Morgan fingerprint density at radius 1 is 1.55 bits per heavy atom. The van der Waals surface area contributed by atoms with Gasteiger partial charge in [-0.2, -0.15) is 13.2 Å². The van der Waals surface area contributed by atoms with Gasteiger partial charge >= 0.3 is 5.51 Å². The third-order valence-electron chi connectivity index (χ3n) is 0.883. The highest BCUT2D eigenvalue weighted by atomic mass is 32.2. The minimum absolute atomic E-state index is 0.433. The number of halogens is 3. The Kier molecular flexibility index (Phi) is 1.99. The number of imidazole rings is 1. The summed E-state index contributed by atoms with van der Waals surface area (Å²) in [6.07, 6.45) is 1.92. The van der Waals surface area contributed by atoms with E-state index in [9.17, 15) is 17.4 Å². The molecule has 1 rings (SSSR count). The molecule has 0 aliphatic rings. The van der Waals surface area contributed by atoms with Crippen LogP contribution in [0.15, 0.2) is 17.6 Å². The van der Waals surface area contributed by atoms with Crippen LogP contribution in [0, 0.1) is 0 Å². The van der Waals surface area contributed by atoms with Crippen LogP contribution in [0.3, 0.4) is 0 Å². The van der Waals surface area contributed by atoms with E-state index in [0.29, 0.717) is 0 Å². The fraction of sp³-hybridized carbons (Fsp3) is 0.250. The molecule has 0 saturated carbocycles. The monoisotopic (exact) mass is 184 g/mol. The number of aromatic nitrogens is 2. The van der Waals surface area contributed by atoms with Crippen LogP contribution in [0.1, 0.15) is 0 Å². The van der Waals surface area contributed by atoms with E-state index >= 15 is 0 Å². The minimum Gasteiger partial charge on any atom is -0.338 e. The number of aromatic amines is 1. The second-order valence-corrected chi connectivity index (χ2v) is 3.07. The molecule has 0 bridgehead atoms. The van der Waals surface area contributed by atoms with Crippen molar-refractivity contribution < 1.29 is 17.4 Å². The van der Waals surface area contributed by atoms with E-state index in [0.717, 1.165) is 12.5 Å². The molecule has 1 unspecified atom stereocenters. The van der Waals surface area contributed by atoms with Crippen molar-refractivity contribution in [1.29, 1.82) is 0 Å². The molecule has 0 aromatic carbocycles. The first kappa shape index (κ1) is 8.25. The maximum Gasteiger partial charge on any atom is 0.477 e. The topological polar surface area (TPSA) is 45.8 Å². The molecular formula is C4H3F3N2OS. The number of hydrogen-bond acceptors (Lipinski definition) is 2. The Morgan fingerprint density at radius 3 is 2.55 bits per heavy atom. The lowest BCUT2D eigenvalue weighted by Gasteiger charge is -2.01. The summed E-state index contributed by atoms with van der Waals surface area (Å²) >= 11 is 0. The van der Waals surface area contributed by atoms with Crippen molar-refractivity contribution in [2.24, 2.45) is 0 Å². The molecule has 1 atom stereocenters. The predicted molar refractivity (Wildman–Crippen MR) is 31.1 cm³/mol. The fourth-order valence-corrected chi connectivity index (χ4v) is 1.03. The van der Waals surface area contributed by atoms with Crippen LogP contribution in [0.5, 0.6) is 0 Å². The predicted octanol–water partition coefficient (Wildman–Crippen LogP) is 1.04. The van der Waals surface area contributed by atoms with Gasteiger partial charge in [0.25, 0.3) is 0 Å². The summed E-state index contributed by atoms with van der Waals surface area (Å²) in [5, 5.41) is -0.433. The highest BCUT2D eigenvalue weighted by molar-refractivity contribution is 7.85. The number of alkyl halides is 3. The Balaban J connectivity index is 2.88. The van der Waals surface area contributed by atoms with Gasteiger partial charge in [0.2, 0.25) is 0 Å². The van der Waals surface area contributed by atoms with Gasteiger partial charge in [-0.25, -0.2) is 9.19 Å². The minimum atomic E-state index is -4.72. The lowest BCUT2D eigenvalue weighted by Crippen LogP contribution is -2.16. The maximum absolute atomic E-state index is 11.7. The number of nitrogens with one attached hydrogen (secondary N) is 1. The SMILES string of the molecule is O=S(c1cnc[nH]1)C(F)(F)F. The molecule has 0 fully saturated rings. The molecule has 7 heteroatoms. The molecule has 1 N–H and O–H groups in total. The molecule has 0 spiro atoms. The van der Waals surface area contributed by atoms with Crippen LogP contribution in [0.4, 0.5) is 13.2 Å². The molecule has 0 aliphatic heterocycles. The van der Waals surface area contributed by atoms with Crippen molar-refractivity contribution in [2.75, 3.05) is 0 Å². The summed E-state index contributed by atoms with van der Waals surface area (Å²) in [5.74, 6) is 0. The Labute approximate surface area is 62.1 Å². The third kappa shape index (κ3) is 1.79. The van der Waals surface area contributed by atoms with Crippen molar-refractivity contribution in [3.05, 3.63) is 12.5 Å². The Morgan fingerprint density at radius 2 is 2.18 bits per heavy atom. The van der Waals surface area contributed by atoms with E-state index in [2.05, 4.69) is 9.97 Å². The number of H-pyrrole nitrogens is 1. The van der Waals surface area contributed by atoms with E-state index in [1.165, 1.54) is 0 Å². The largest absolute Gasteiger partial charge is 0.477 e. The number of hydrogen-bond donors (Lipinski definition) is 1. The van der Waals surface area contributed by atoms with Gasteiger partial charge in [0.1, 0.15) is 5.03 Å². The standard InChI is InChI=1S/C4H3F3N2OS/c5-4(6,7)11(10)3-1-8-2-9-3/h1-2H,(H,8,9). The molecule has 1 heterocycles. The first-order chi connectivity index (χ1) is 5.02. The van der Waals surface area contributed by atoms with Gasteiger partial charge in [-0.1, -0.05) is 0 Å². The average molecular weight is 184 g/mol. The number of nitrogens with zero attached hydrogens (tertiary/aromatic N) is 1. The van der Waals surface area contributed by atoms with E-state index in [-0.39, 0.29) is 0 Å². The molecule has 1 aromatic rings. The van der Waals surface area contributed by atoms with Crippen molar-refractivity contribution >= 4 is 10.8 Å². The first-order valence-corrected chi connectivity index (χ1v) is 3.64. The van der Waals surface area contributed by atoms with Crippen LogP contribution in [-0.4, -0.2) is 19.7 Å². The van der Waals surface area contributed by atoms with Gasteiger partial charge in [0.15, 0.2) is 10.8 Å². The highest BCUT2D eigenvalue weighted by Crippen LogP contribution is 2.24. The normalized spacial score (nSPS) is 14.8. The summed E-state index contributed by atoms with van der Waals surface area (Å²) in [7, 11) is -2.99. The van der Waals surface area contributed by atoms with Gasteiger partial charge in [0.05, 0.1) is 12.5 Å². The van der Waals surface area contributed by atoms with Crippen LogP contribution in [-0.2, 0) is 10.8 Å². The van der Waals surface area contributed by atoms with Crippen LogP contribution in [0.2, 0.25) is 0 Å². The molecule has 11 heavy (non-hydrogen) atoms. The van der Waals surface area contributed by atoms with E-state index in [1.807, 2.05) is 0 Å². The quantitative estimate of drug-likeness (QED) is 0.708. The average Bonchev–Trinajstić information content (AvgIpc) is 2.34. The van der Waals surface area contributed by atoms with Crippen molar-refractivity contribution in [1.82, 2.24) is 9.97 Å². The summed E-state index contributed by atoms with van der Waals surface area (Å²) in [5.41, 5.74) is -4.72. The zero-order valence-corrected chi connectivity index (χ0v) is 5.87. The maximum atomic E-state index is 11.7. The smallest absolute Gasteiger partial charge is 0.338 e. The van der Waals surface area contributed by atoms with Gasteiger partial charge < -0.3 is 4.98 Å². The molecule has 0 radical (unpaired) electrons. The molecule has 0 saturated heterocycles. The van der Waals surface area contributed by atoms with E-state index < -0.39 is 21.3 Å². The second kappa shape index (κ2) is 2.65.